The number of hydrogen-bond donors (Lipinski definition) is 1. The number of carboxylic acids is 1. The zero-order valence-corrected chi connectivity index (χ0v) is 10.7. The largest absolute Gasteiger partial charge is 0.493 e. The van der Waals surface area contributed by atoms with Crippen LogP contribution in [0, 0.1) is 0 Å². The van der Waals surface area contributed by atoms with Gasteiger partial charge in [-0.1, -0.05) is 18.2 Å². The van der Waals surface area contributed by atoms with E-state index in [2.05, 4.69) is 4.98 Å². The number of para-hydroxylation sites is 1. The van der Waals surface area contributed by atoms with Crippen molar-refractivity contribution < 1.29 is 19.4 Å². The molecule has 2 aromatic rings. The molecule has 0 fully saturated rings. The van der Waals surface area contributed by atoms with Crippen LogP contribution in [0.25, 0.3) is 0 Å². The molecule has 1 aliphatic rings. The number of benzene rings is 1. The summed E-state index contributed by atoms with van der Waals surface area (Å²) >= 11 is 0. The number of pyridine rings is 1. The molecule has 20 heavy (non-hydrogen) atoms. The lowest BCUT2D eigenvalue weighted by molar-refractivity contribution is 0.0690. The van der Waals surface area contributed by atoms with Gasteiger partial charge in [0.05, 0.1) is 25.3 Å². The first-order chi connectivity index (χ1) is 9.74. The lowest BCUT2D eigenvalue weighted by Gasteiger charge is -2.11. The van der Waals surface area contributed by atoms with Gasteiger partial charge in [-0.3, -0.25) is 0 Å². The van der Waals surface area contributed by atoms with Gasteiger partial charge in [0.1, 0.15) is 17.2 Å². The van der Waals surface area contributed by atoms with E-state index < -0.39 is 5.97 Å². The van der Waals surface area contributed by atoms with E-state index in [9.17, 15) is 4.79 Å². The standard InChI is InChI=1S/C15H13NO4/c17-15(18)13-6-5-11(7-16-13)19-8-10-9-20-14-4-2-1-3-12(10)14/h1-7,10H,8-9H2,(H,17,18). The Labute approximate surface area is 115 Å². The maximum Gasteiger partial charge on any atom is 0.354 e. The van der Waals surface area contributed by atoms with Crippen LogP contribution in [-0.2, 0) is 0 Å². The third-order valence-electron chi connectivity index (χ3n) is 3.21. The number of carboxylic acid groups (broad SMARTS) is 1. The molecule has 0 aliphatic carbocycles. The van der Waals surface area contributed by atoms with Gasteiger partial charge < -0.3 is 14.6 Å². The zero-order chi connectivity index (χ0) is 13.9. The highest BCUT2D eigenvalue weighted by atomic mass is 16.5. The second-order valence-electron chi connectivity index (χ2n) is 4.54. The van der Waals surface area contributed by atoms with Crippen molar-refractivity contribution in [3.8, 4) is 11.5 Å². The minimum absolute atomic E-state index is 0.00638. The van der Waals surface area contributed by atoms with Gasteiger partial charge >= 0.3 is 5.97 Å². The Morgan fingerprint density at radius 1 is 1.35 bits per heavy atom. The first-order valence-electron chi connectivity index (χ1n) is 6.28. The summed E-state index contributed by atoms with van der Waals surface area (Å²) in [6.07, 6.45) is 1.42. The highest BCUT2D eigenvalue weighted by molar-refractivity contribution is 5.85. The molecule has 102 valence electrons. The fraction of sp³-hybridized carbons (Fsp3) is 0.200. The molecule has 1 unspecified atom stereocenters. The van der Waals surface area contributed by atoms with Crippen molar-refractivity contribution >= 4 is 5.97 Å². The third-order valence-corrected chi connectivity index (χ3v) is 3.21. The maximum absolute atomic E-state index is 10.7. The number of aromatic carboxylic acids is 1. The molecule has 0 spiro atoms. The van der Waals surface area contributed by atoms with Gasteiger partial charge in [-0.2, -0.15) is 0 Å². The van der Waals surface area contributed by atoms with Crippen LogP contribution >= 0.6 is 0 Å². The molecule has 1 N–H and O–H groups in total. The summed E-state index contributed by atoms with van der Waals surface area (Å²) in [5.74, 6) is 0.597. The van der Waals surface area contributed by atoms with E-state index in [1.54, 1.807) is 6.07 Å². The summed E-state index contributed by atoms with van der Waals surface area (Å²) in [5.41, 5.74) is 1.15. The van der Waals surface area contributed by atoms with Crippen molar-refractivity contribution in [2.75, 3.05) is 13.2 Å². The van der Waals surface area contributed by atoms with Crippen LogP contribution in [0.1, 0.15) is 22.0 Å². The minimum atomic E-state index is -1.05. The summed E-state index contributed by atoms with van der Waals surface area (Å²) in [6.45, 7) is 1.07. The van der Waals surface area contributed by atoms with E-state index in [1.165, 1.54) is 12.3 Å². The average Bonchev–Trinajstić information content (AvgIpc) is 2.89. The Kier molecular flexibility index (Phi) is 3.25. The summed E-state index contributed by atoms with van der Waals surface area (Å²) in [4.78, 5) is 14.5. The molecule has 5 nitrogen and oxygen atoms in total. The molecule has 0 amide bonds. The number of carbonyl (C=O) groups is 1. The first-order valence-corrected chi connectivity index (χ1v) is 6.28. The monoisotopic (exact) mass is 271 g/mol. The number of ether oxygens (including phenoxy) is 2. The predicted octanol–water partition coefficient (Wildman–Crippen LogP) is 2.33. The third kappa shape index (κ3) is 2.42. The number of hydrogen-bond acceptors (Lipinski definition) is 4. The second-order valence-corrected chi connectivity index (χ2v) is 4.54. The first kappa shape index (κ1) is 12.5. The normalized spacial score (nSPS) is 16.3. The van der Waals surface area contributed by atoms with E-state index in [0.29, 0.717) is 19.0 Å². The van der Waals surface area contributed by atoms with Gasteiger partial charge in [0.15, 0.2) is 0 Å². The molecule has 1 aromatic carbocycles. The van der Waals surface area contributed by atoms with Crippen LogP contribution in [0.15, 0.2) is 42.6 Å². The molecule has 1 atom stereocenters. The lowest BCUT2D eigenvalue weighted by atomic mass is 10.0. The molecule has 0 bridgehead atoms. The number of rotatable bonds is 4. The van der Waals surface area contributed by atoms with Gasteiger partial charge in [0.25, 0.3) is 0 Å². The second kappa shape index (κ2) is 5.21. The van der Waals surface area contributed by atoms with Gasteiger partial charge in [-0.05, 0) is 18.2 Å². The average molecular weight is 271 g/mol. The highest BCUT2D eigenvalue weighted by Crippen LogP contribution is 2.33. The van der Waals surface area contributed by atoms with Crippen molar-refractivity contribution in [2.24, 2.45) is 0 Å². The van der Waals surface area contributed by atoms with Gasteiger partial charge in [0, 0.05) is 5.56 Å². The summed E-state index contributed by atoms with van der Waals surface area (Å²) in [7, 11) is 0. The Balaban J connectivity index is 1.64. The topological polar surface area (TPSA) is 68.7 Å². The molecule has 0 radical (unpaired) electrons. The van der Waals surface area contributed by atoms with Crippen molar-refractivity contribution in [2.45, 2.75) is 5.92 Å². The smallest absolute Gasteiger partial charge is 0.354 e. The SMILES string of the molecule is O=C(O)c1ccc(OCC2COc3ccccc32)cn1. The molecular weight excluding hydrogens is 258 g/mol. The fourth-order valence-corrected chi connectivity index (χ4v) is 2.16. The highest BCUT2D eigenvalue weighted by Gasteiger charge is 2.24. The van der Waals surface area contributed by atoms with E-state index >= 15 is 0 Å². The molecule has 3 rings (SSSR count). The molecule has 5 heteroatoms. The lowest BCUT2D eigenvalue weighted by Crippen LogP contribution is -2.12. The Hall–Kier alpha value is -2.56. The van der Waals surface area contributed by atoms with E-state index in [-0.39, 0.29) is 11.6 Å². The number of aromatic nitrogens is 1. The van der Waals surface area contributed by atoms with Gasteiger partial charge in [-0.15, -0.1) is 0 Å². The molecule has 2 heterocycles. The summed E-state index contributed by atoms with van der Waals surface area (Å²) in [6, 6.07) is 10.9. The quantitative estimate of drug-likeness (QED) is 0.924. The molecule has 1 aromatic heterocycles. The van der Waals surface area contributed by atoms with Gasteiger partial charge in [-0.25, -0.2) is 9.78 Å². The van der Waals surface area contributed by atoms with E-state index in [1.807, 2.05) is 24.3 Å². The van der Waals surface area contributed by atoms with Crippen molar-refractivity contribution in [1.29, 1.82) is 0 Å². The fourth-order valence-electron chi connectivity index (χ4n) is 2.16. The van der Waals surface area contributed by atoms with Crippen LogP contribution in [-0.4, -0.2) is 29.3 Å². The van der Waals surface area contributed by atoms with E-state index in [4.69, 9.17) is 14.6 Å². The van der Waals surface area contributed by atoms with Crippen LogP contribution in [0.4, 0.5) is 0 Å². The molecular formula is C15H13NO4. The van der Waals surface area contributed by atoms with Crippen LogP contribution in [0.2, 0.25) is 0 Å². The Morgan fingerprint density at radius 2 is 2.20 bits per heavy atom. The number of nitrogens with zero attached hydrogens (tertiary/aromatic N) is 1. The van der Waals surface area contributed by atoms with Crippen molar-refractivity contribution in [1.82, 2.24) is 4.98 Å². The van der Waals surface area contributed by atoms with Crippen molar-refractivity contribution in [3.05, 3.63) is 53.9 Å². The van der Waals surface area contributed by atoms with Gasteiger partial charge in [0.2, 0.25) is 0 Å². The maximum atomic E-state index is 10.7. The molecule has 0 saturated heterocycles. The van der Waals surface area contributed by atoms with Crippen molar-refractivity contribution in [3.63, 3.8) is 0 Å². The predicted molar refractivity (Wildman–Crippen MR) is 71.4 cm³/mol. The minimum Gasteiger partial charge on any atom is -0.493 e. The Bertz CT molecular complexity index is 624. The summed E-state index contributed by atoms with van der Waals surface area (Å²) in [5, 5.41) is 8.77. The zero-order valence-electron chi connectivity index (χ0n) is 10.7. The molecule has 0 saturated carbocycles. The Morgan fingerprint density at radius 3 is 2.95 bits per heavy atom. The van der Waals surface area contributed by atoms with Crippen LogP contribution < -0.4 is 9.47 Å². The van der Waals surface area contributed by atoms with Crippen LogP contribution in [0.3, 0.4) is 0 Å². The van der Waals surface area contributed by atoms with Crippen LogP contribution in [0.5, 0.6) is 11.5 Å². The molecule has 1 aliphatic heterocycles. The summed E-state index contributed by atoms with van der Waals surface area (Å²) < 4.78 is 11.2. The number of fused-ring (bicyclic) bond motifs is 1. The van der Waals surface area contributed by atoms with E-state index in [0.717, 1.165) is 11.3 Å².